The van der Waals surface area contributed by atoms with Gasteiger partial charge in [0.2, 0.25) is 5.89 Å². The Morgan fingerprint density at radius 2 is 2.21 bits per heavy atom. The highest BCUT2D eigenvalue weighted by molar-refractivity contribution is 7.99. The number of hydrogen-bond donors (Lipinski definition) is 0. The van der Waals surface area contributed by atoms with E-state index in [0.29, 0.717) is 22.4 Å². The minimum Gasteiger partial charge on any atom is -0.416 e. The number of aromatic nitrogens is 2. The van der Waals surface area contributed by atoms with Crippen LogP contribution in [0.5, 0.6) is 0 Å². The standard InChI is InChI=1S/C12H13N3O3S/c1-3-4-11-13-14-12(18-11)19-10-6-5-8(2)7-9(10)15(16)17/h5-7H,3-4H2,1-2H3. The van der Waals surface area contributed by atoms with Gasteiger partial charge in [0.1, 0.15) is 0 Å². The van der Waals surface area contributed by atoms with Crippen molar-refractivity contribution < 1.29 is 9.34 Å². The second-order valence-corrected chi connectivity index (χ2v) is 5.04. The van der Waals surface area contributed by atoms with Crippen LogP contribution in [0.1, 0.15) is 24.8 Å². The number of nitro benzene ring substituents is 1. The smallest absolute Gasteiger partial charge is 0.283 e. The van der Waals surface area contributed by atoms with Gasteiger partial charge in [0.25, 0.3) is 10.9 Å². The van der Waals surface area contributed by atoms with E-state index in [4.69, 9.17) is 4.42 Å². The van der Waals surface area contributed by atoms with E-state index >= 15 is 0 Å². The third-order valence-electron chi connectivity index (χ3n) is 2.42. The van der Waals surface area contributed by atoms with Gasteiger partial charge >= 0.3 is 0 Å². The Labute approximate surface area is 114 Å². The van der Waals surface area contributed by atoms with E-state index in [1.165, 1.54) is 6.07 Å². The molecule has 0 radical (unpaired) electrons. The molecule has 19 heavy (non-hydrogen) atoms. The van der Waals surface area contributed by atoms with Gasteiger partial charge in [0.05, 0.1) is 9.82 Å². The van der Waals surface area contributed by atoms with Gasteiger partial charge in [-0.2, -0.15) is 0 Å². The first-order valence-corrected chi connectivity index (χ1v) is 6.67. The molecule has 0 bridgehead atoms. The predicted octanol–water partition coefficient (Wildman–Crippen LogP) is 3.39. The third kappa shape index (κ3) is 3.31. The molecule has 6 nitrogen and oxygen atoms in total. The summed E-state index contributed by atoms with van der Waals surface area (Å²) in [5.74, 6) is 0.555. The Balaban J connectivity index is 2.24. The molecular formula is C12H13N3O3S. The summed E-state index contributed by atoms with van der Waals surface area (Å²) in [5.41, 5.74) is 0.897. The molecule has 0 amide bonds. The van der Waals surface area contributed by atoms with Gasteiger partial charge in [-0.15, -0.1) is 10.2 Å². The average Bonchev–Trinajstić information content (AvgIpc) is 2.79. The number of aryl methyl sites for hydroxylation is 2. The van der Waals surface area contributed by atoms with Gasteiger partial charge in [-0.3, -0.25) is 10.1 Å². The van der Waals surface area contributed by atoms with E-state index < -0.39 is 4.92 Å². The molecule has 2 aromatic rings. The third-order valence-corrected chi connectivity index (χ3v) is 3.33. The first kappa shape index (κ1) is 13.5. The fourth-order valence-corrected chi connectivity index (χ4v) is 2.33. The topological polar surface area (TPSA) is 82.1 Å². The van der Waals surface area contributed by atoms with Crippen molar-refractivity contribution in [1.29, 1.82) is 0 Å². The monoisotopic (exact) mass is 279 g/mol. The summed E-state index contributed by atoms with van der Waals surface area (Å²) in [6.45, 7) is 3.83. The molecule has 0 aliphatic carbocycles. The number of hydrogen-bond acceptors (Lipinski definition) is 6. The Morgan fingerprint density at radius 1 is 1.42 bits per heavy atom. The zero-order valence-corrected chi connectivity index (χ0v) is 11.4. The summed E-state index contributed by atoms with van der Waals surface area (Å²) >= 11 is 1.12. The van der Waals surface area contributed by atoms with E-state index in [9.17, 15) is 10.1 Å². The Hall–Kier alpha value is -1.89. The zero-order valence-electron chi connectivity index (χ0n) is 10.6. The lowest BCUT2D eigenvalue weighted by atomic mass is 10.2. The molecule has 0 spiro atoms. The van der Waals surface area contributed by atoms with E-state index in [-0.39, 0.29) is 5.69 Å². The van der Waals surface area contributed by atoms with E-state index in [1.54, 1.807) is 6.07 Å². The predicted molar refractivity (Wildman–Crippen MR) is 70.2 cm³/mol. The van der Waals surface area contributed by atoms with Crippen molar-refractivity contribution in [2.45, 2.75) is 36.8 Å². The highest BCUT2D eigenvalue weighted by Crippen LogP contribution is 2.34. The quantitative estimate of drug-likeness (QED) is 0.616. The summed E-state index contributed by atoms with van der Waals surface area (Å²) in [6.07, 6.45) is 1.63. The minimum absolute atomic E-state index is 0.0558. The summed E-state index contributed by atoms with van der Waals surface area (Å²) in [6, 6.07) is 5.05. The molecule has 0 saturated carbocycles. The Bertz CT molecular complexity index is 598. The maximum atomic E-state index is 11.0. The van der Waals surface area contributed by atoms with Gasteiger partial charge in [-0.25, -0.2) is 0 Å². The average molecular weight is 279 g/mol. The van der Waals surface area contributed by atoms with Crippen molar-refractivity contribution in [2.24, 2.45) is 0 Å². The first-order valence-electron chi connectivity index (χ1n) is 5.85. The number of nitro groups is 1. The van der Waals surface area contributed by atoms with Crippen LogP contribution in [0, 0.1) is 17.0 Å². The van der Waals surface area contributed by atoms with Crippen molar-refractivity contribution in [3.05, 3.63) is 39.8 Å². The van der Waals surface area contributed by atoms with Crippen LogP contribution in [0.15, 0.2) is 32.7 Å². The zero-order chi connectivity index (χ0) is 13.8. The summed E-state index contributed by atoms with van der Waals surface area (Å²) in [4.78, 5) is 11.1. The van der Waals surface area contributed by atoms with Crippen LogP contribution in [0.3, 0.4) is 0 Å². The van der Waals surface area contributed by atoms with Gasteiger partial charge in [0, 0.05) is 12.5 Å². The lowest BCUT2D eigenvalue weighted by Crippen LogP contribution is -1.91. The number of benzene rings is 1. The second kappa shape index (κ2) is 5.83. The van der Waals surface area contributed by atoms with Crippen LogP contribution in [-0.2, 0) is 6.42 Å². The molecule has 7 heteroatoms. The Morgan fingerprint density at radius 3 is 2.89 bits per heavy atom. The first-order chi connectivity index (χ1) is 9.10. The molecule has 1 aromatic heterocycles. The molecule has 100 valence electrons. The molecule has 0 unspecified atom stereocenters. The van der Waals surface area contributed by atoms with E-state index in [0.717, 1.165) is 23.7 Å². The van der Waals surface area contributed by atoms with Gasteiger partial charge in [0.15, 0.2) is 0 Å². The van der Waals surface area contributed by atoms with Crippen molar-refractivity contribution in [2.75, 3.05) is 0 Å². The van der Waals surface area contributed by atoms with Crippen molar-refractivity contribution in [1.82, 2.24) is 10.2 Å². The molecule has 2 rings (SSSR count). The lowest BCUT2D eigenvalue weighted by Gasteiger charge is -2.00. The number of nitrogens with zero attached hydrogens (tertiary/aromatic N) is 3. The molecule has 0 saturated heterocycles. The van der Waals surface area contributed by atoms with Crippen molar-refractivity contribution in [3.8, 4) is 0 Å². The van der Waals surface area contributed by atoms with Gasteiger partial charge < -0.3 is 4.42 Å². The maximum Gasteiger partial charge on any atom is 0.283 e. The SMILES string of the molecule is CCCc1nnc(Sc2ccc(C)cc2[N+](=O)[O-])o1. The summed E-state index contributed by atoms with van der Waals surface area (Å²) in [5, 5.41) is 19.1. The fourth-order valence-electron chi connectivity index (χ4n) is 1.54. The molecule has 1 heterocycles. The molecule has 0 aliphatic heterocycles. The van der Waals surface area contributed by atoms with E-state index in [1.807, 2.05) is 19.9 Å². The second-order valence-electron chi connectivity index (χ2n) is 4.04. The van der Waals surface area contributed by atoms with Gasteiger partial charge in [-0.1, -0.05) is 13.0 Å². The van der Waals surface area contributed by atoms with Crippen molar-refractivity contribution in [3.63, 3.8) is 0 Å². The van der Waals surface area contributed by atoms with E-state index in [2.05, 4.69) is 10.2 Å². The molecule has 1 aromatic carbocycles. The van der Waals surface area contributed by atoms with Crippen LogP contribution in [0.2, 0.25) is 0 Å². The lowest BCUT2D eigenvalue weighted by molar-refractivity contribution is -0.387. The van der Waals surface area contributed by atoms with Crippen LogP contribution in [0.25, 0.3) is 0 Å². The molecular weight excluding hydrogens is 266 g/mol. The molecule has 0 aliphatic rings. The van der Waals surface area contributed by atoms with Gasteiger partial charge in [-0.05, 0) is 36.7 Å². The summed E-state index contributed by atoms with van der Waals surface area (Å²) < 4.78 is 5.41. The number of rotatable bonds is 5. The van der Waals surface area contributed by atoms with Crippen LogP contribution in [0.4, 0.5) is 5.69 Å². The Kier molecular flexibility index (Phi) is 4.16. The highest BCUT2D eigenvalue weighted by atomic mass is 32.2. The van der Waals surface area contributed by atoms with Crippen LogP contribution in [-0.4, -0.2) is 15.1 Å². The maximum absolute atomic E-state index is 11.0. The minimum atomic E-state index is -0.404. The summed E-state index contributed by atoms with van der Waals surface area (Å²) in [7, 11) is 0. The molecule has 0 atom stereocenters. The van der Waals surface area contributed by atoms with Crippen molar-refractivity contribution >= 4 is 17.4 Å². The molecule has 0 N–H and O–H groups in total. The normalized spacial score (nSPS) is 10.6. The largest absolute Gasteiger partial charge is 0.416 e. The van der Waals surface area contributed by atoms with Crippen LogP contribution < -0.4 is 0 Å². The fraction of sp³-hybridized carbons (Fsp3) is 0.333. The van der Waals surface area contributed by atoms with Crippen LogP contribution >= 0.6 is 11.8 Å². The molecule has 0 fully saturated rings. The highest BCUT2D eigenvalue weighted by Gasteiger charge is 2.17.